The first kappa shape index (κ1) is 17.3. The number of hydrogen-bond acceptors (Lipinski definition) is 4. The lowest BCUT2D eigenvalue weighted by Crippen LogP contribution is -2.52. The van der Waals surface area contributed by atoms with Gasteiger partial charge in [0.05, 0.1) is 4.92 Å². The molecule has 0 aromatic heterocycles. The highest BCUT2D eigenvalue weighted by Crippen LogP contribution is 2.31. The monoisotopic (exact) mass is 340 g/mol. The summed E-state index contributed by atoms with van der Waals surface area (Å²) in [6, 6.07) is 4.61. The first-order chi connectivity index (χ1) is 11.0. The van der Waals surface area contributed by atoms with Crippen LogP contribution in [0.5, 0.6) is 0 Å². The van der Waals surface area contributed by atoms with E-state index in [4.69, 9.17) is 11.6 Å². The number of unbranched alkanes of at least 4 members (excludes halogenated alkanes) is 1. The van der Waals surface area contributed by atoms with Crippen molar-refractivity contribution in [3.8, 4) is 0 Å². The summed E-state index contributed by atoms with van der Waals surface area (Å²) in [6.07, 6.45) is 2.00. The van der Waals surface area contributed by atoms with E-state index < -0.39 is 4.92 Å². The fraction of sp³-hybridized carbons (Fsp3) is 0.533. The van der Waals surface area contributed by atoms with E-state index in [0.717, 1.165) is 12.8 Å². The third-order valence-electron chi connectivity index (χ3n) is 3.85. The zero-order valence-electron chi connectivity index (χ0n) is 13.1. The van der Waals surface area contributed by atoms with E-state index in [1.54, 1.807) is 17.0 Å². The molecule has 1 aliphatic heterocycles. The number of benzene rings is 1. The summed E-state index contributed by atoms with van der Waals surface area (Å²) >= 11 is 5.84. The van der Waals surface area contributed by atoms with E-state index in [0.29, 0.717) is 43.4 Å². The Morgan fingerprint density at radius 1 is 1.35 bits per heavy atom. The van der Waals surface area contributed by atoms with Gasteiger partial charge in [-0.1, -0.05) is 24.9 Å². The van der Waals surface area contributed by atoms with Crippen LogP contribution in [0.3, 0.4) is 0 Å². The number of nitrogens with one attached hydrogen (secondary N) is 1. The lowest BCUT2D eigenvalue weighted by atomic mass is 10.2. The van der Waals surface area contributed by atoms with Crippen molar-refractivity contribution in [2.24, 2.45) is 0 Å². The molecule has 8 heteroatoms. The van der Waals surface area contributed by atoms with E-state index >= 15 is 0 Å². The maximum Gasteiger partial charge on any atom is 0.317 e. The van der Waals surface area contributed by atoms with E-state index in [1.807, 2.05) is 4.90 Å². The molecule has 1 saturated heterocycles. The van der Waals surface area contributed by atoms with Crippen LogP contribution in [0.2, 0.25) is 5.02 Å². The second-order valence-corrected chi connectivity index (χ2v) is 5.89. The van der Waals surface area contributed by atoms with E-state index in [9.17, 15) is 14.9 Å². The van der Waals surface area contributed by atoms with Gasteiger partial charge in [-0.25, -0.2) is 4.79 Å². The van der Waals surface area contributed by atoms with Crippen molar-refractivity contribution in [1.82, 2.24) is 10.2 Å². The molecule has 0 unspecified atom stereocenters. The molecule has 1 heterocycles. The van der Waals surface area contributed by atoms with Gasteiger partial charge in [-0.2, -0.15) is 0 Å². The first-order valence-electron chi connectivity index (χ1n) is 7.74. The van der Waals surface area contributed by atoms with Crippen LogP contribution in [0.1, 0.15) is 19.8 Å². The smallest absolute Gasteiger partial charge is 0.317 e. The molecule has 0 spiro atoms. The molecular formula is C15H21ClN4O3. The van der Waals surface area contributed by atoms with Crippen LogP contribution in [0, 0.1) is 10.1 Å². The lowest BCUT2D eigenvalue weighted by molar-refractivity contribution is -0.384. The molecular weight excluding hydrogens is 320 g/mol. The second-order valence-electron chi connectivity index (χ2n) is 5.45. The van der Waals surface area contributed by atoms with Gasteiger partial charge in [0.25, 0.3) is 5.69 Å². The Balaban J connectivity index is 1.97. The molecule has 2 rings (SSSR count). The quantitative estimate of drug-likeness (QED) is 0.508. The number of piperazine rings is 1. The number of anilines is 1. The number of nitro benzene ring substituents is 1. The molecule has 0 aliphatic carbocycles. The zero-order chi connectivity index (χ0) is 16.8. The lowest BCUT2D eigenvalue weighted by Gasteiger charge is -2.35. The molecule has 2 amide bonds. The Labute approximate surface area is 140 Å². The number of hydrogen-bond donors (Lipinski definition) is 1. The summed E-state index contributed by atoms with van der Waals surface area (Å²) in [7, 11) is 0. The van der Waals surface area contributed by atoms with Crippen molar-refractivity contribution in [1.29, 1.82) is 0 Å². The average Bonchev–Trinajstić information content (AvgIpc) is 2.55. The predicted molar refractivity (Wildman–Crippen MR) is 90.2 cm³/mol. The number of nitro groups is 1. The van der Waals surface area contributed by atoms with Gasteiger partial charge in [-0.05, 0) is 18.6 Å². The molecule has 1 N–H and O–H groups in total. The van der Waals surface area contributed by atoms with Crippen LogP contribution in [-0.2, 0) is 0 Å². The molecule has 1 aliphatic rings. The van der Waals surface area contributed by atoms with E-state index in [1.165, 1.54) is 6.07 Å². The van der Waals surface area contributed by atoms with Crippen molar-refractivity contribution in [3.05, 3.63) is 33.3 Å². The van der Waals surface area contributed by atoms with Gasteiger partial charge in [-0.15, -0.1) is 0 Å². The molecule has 1 aromatic rings. The highest BCUT2D eigenvalue weighted by molar-refractivity contribution is 6.30. The maximum absolute atomic E-state index is 12.0. The van der Waals surface area contributed by atoms with Crippen molar-refractivity contribution >= 4 is 29.0 Å². The minimum Gasteiger partial charge on any atom is -0.362 e. The van der Waals surface area contributed by atoms with E-state index in [2.05, 4.69) is 12.2 Å². The standard InChI is InChI=1S/C15H21ClN4O3/c1-2-3-6-17-15(21)19-9-7-18(8-10-19)13-5-4-12(16)11-14(13)20(22)23/h4-5,11H,2-3,6-10H2,1H3,(H,17,21). The fourth-order valence-corrected chi connectivity index (χ4v) is 2.71. The number of amides is 2. The zero-order valence-corrected chi connectivity index (χ0v) is 13.9. The average molecular weight is 341 g/mol. The normalized spacial score (nSPS) is 14.7. The van der Waals surface area contributed by atoms with Crippen LogP contribution in [0.25, 0.3) is 0 Å². The molecule has 0 radical (unpaired) electrons. The summed E-state index contributed by atoms with van der Waals surface area (Å²) in [5.41, 5.74) is 0.545. The number of nitrogens with zero attached hydrogens (tertiary/aromatic N) is 3. The second kappa shape index (κ2) is 8.01. The van der Waals surface area contributed by atoms with Crippen LogP contribution >= 0.6 is 11.6 Å². The Morgan fingerprint density at radius 2 is 2.04 bits per heavy atom. The molecule has 1 aromatic carbocycles. The number of carbonyl (C=O) groups excluding carboxylic acids is 1. The van der Waals surface area contributed by atoms with Crippen molar-refractivity contribution < 1.29 is 9.72 Å². The summed E-state index contributed by atoms with van der Waals surface area (Å²) in [6.45, 7) is 4.95. The fourth-order valence-electron chi connectivity index (χ4n) is 2.54. The summed E-state index contributed by atoms with van der Waals surface area (Å²) in [5.74, 6) is 0. The van der Waals surface area contributed by atoms with Gasteiger partial charge in [0, 0.05) is 43.8 Å². The van der Waals surface area contributed by atoms with Crippen LogP contribution in [0.4, 0.5) is 16.2 Å². The molecule has 23 heavy (non-hydrogen) atoms. The predicted octanol–water partition coefficient (Wildman–Crippen LogP) is 2.88. The van der Waals surface area contributed by atoms with Gasteiger partial charge in [-0.3, -0.25) is 10.1 Å². The molecule has 0 saturated carbocycles. The Kier molecular flexibility index (Phi) is 6.04. The van der Waals surface area contributed by atoms with Crippen molar-refractivity contribution in [3.63, 3.8) is 0 Å². The van der Waals surface area contributed by atoms with Gasteiger partial charge >= 0.3 is 6.03 Å². The summed E-state index contributed by atoms with van der Waals surface area (Å²) in [5, 5.41) is 14.4. The largest absolute Gasteiger partial charge is 0.362 e. The number of rotatable bonds is 5. The summed E-state index contributed by atoms with van der Waals surface area (Å²) < 4.78 is 0. The van der Waals surface area contributed by atoms with Gasteiger partial charge in [0.1, 0.15) is 5.69 Å². The topological polar surface area (TPSA) is 78.7 Å². The van der Waals surface area contributed by atoms with Gasteiger partial charge < -0.3 is 15.1 Å². The Morgan fingerprint density at radius 3 is 2.65 bits per heavy atom. The Bertz CT molecular complexity index is 574. The molecule has 0 bridgehead atoms. The minimum absolute atomic E-state index is 0.00153. The number of halogens is 1. The number of carbonyl (C=O) groups is 1. The Hall–Kier alpha value is -2.02. The SMILES string of the molecule is CCCCNC(=O)N1CCN(c2ccc(Cl)cc2[N+](=O)[O-])CC1. The highest BCUT2D eigenvalue weighted by atomic mass is 35.5. The van der Waals surface area contributed by atoms with Crippen LogP contribution in [-0.4, -0.2) is 48.6 Å². The third kappa shape index (κ3) is 4.48. The summed E-state index contributed by atoms with van der Waals surface area (Å²) in [4.78, 5) is 26.4. The molecule has 1 fully saturated rings. The minimum atomic E-state index is -0.426. The maximum atomic E-state index is 12.0. The highest BCUT2D eigenvalue weighted by Gasteiger charge is 2.25. The molecule has 126 valence electrons. The van der Waals surface area contributed by atoms with Gasteiger partial charge in [0.15, 0.2) is 0 Å². The molecule has 0 atom stereocenters. The van der Waals surface area contributed by atoms with Crippen molar-refractivity contribution in [2.75, 3.05) is 37.6 Å². The third-order valence-corrected chi connectivity index (χ3v) is 4.08. The van der Waals surface area contributed by atoms with Crippen LogP contribution in [0.15, 0.2) is 18.2 Å². The number of urea groups is 1. The van der Waals surface area contributed by atoms with Crippen LogP contribution < -0.4 is 10.2 Å². The van der Waals surface area contributed by atoms with Gasteiger partial charge in [0.2, 0.25) is 0 Å². The first-order valence-corrected chi connectivity index (χ1v) is 8.12. The van der Waals surface area contributed by atoms with E-state index in [-0.39, 0.29) is 11.7 Å². The molecule has 7 nitrogen and oxygen atoms in total. The van der Waals surface area contributed by atoms with Crippen molar-refractivity contribution in [2.45, 2.75) is 19.8 Å².